The van der Waals surface area contributed by atoms with E-state index in [2.05, 4.69) is 27.8 Å². The molecule has 0 aliphatic heterocycles. The van der Waals surface area contributed by atoms with E-state index in [0.717, 1.165) is 24.9 Å². The number of methoxy groups -OCH3 is 1. The van der Waals surface area contributed by atoms with Crippen LogP contribution in [-0.4, -0.2) is 43.6 Å². The highest BCUT2D eigenvalue weighted by Crippen LogP contribution is 1.98. The Balaban J connectivity index is 3.41. The lowest BCUT2D eigenvalue weighted by Crippen LogP contribution is -2.28. The van der Waals surface area contributed by atoms with Gasteiger partial charge >= 0.3 is 0 Å². The number of hydrogen-bond acceptors (Lipinski definition) is 2. The van der Waals surface area contributed by atoms with Crippen molar-refractivity contribution in [3.8, 4) is 0 Å². The van der Waals surface area contributed by atoms with E-state index in [4.69, 9.17) is 4.74 Å². The van der Waals surface area contributed by atoms with Crippen LogP contribution in [0.1, 0.15) is 26.2 Å². The average Bonchev–Trinajstić information content (AvgIpc) is 2.14. The van der Waals surface area contributed by atoms with Crippen LogP contribution in [0.4, 0.5) is 0 Å². The normalized spacial score (nSPS) is 11.1. The first-order chi connectivity index (χ1) is 6.35. The predicted octanol–water partition coefficient (Wildman–Crippen LogP) is 2.52. The van der Waals surface area contributed by atoms with Gasteiger partial charge in [-0.15, -0.1) is 0 Å². The Morgan fingerprint density at radius 3 is 2.38 bits per heavy atom. The fourth-order valence-corrected chi connectivity index (χ4v) is 1.77. The second-order valence-corrected chi connectivity index (χ2v) is 4.02. The molecule has 0 aromatic heterocycles. The molecular formula is C10H22BrNO. The van der Waals surface area contributed by atoms with Gasteiger partial charge in [0.05, 0.1) is 0 Å². The maximum atomic E-state index is 5.04. The number of ether oxygens (including phenoxy) is 1. The topological polar surface area (TPSA) is 12.5 Å². The predicted molar refractivity (Wildman–Crippen MR) is 61.6 cm³/mol. The zero-order valence-corrected chi connectivity index (χ0v) is 10.5. The average molecular weight is 252 g/mol. The lowest BCUT2D eigenvalue weighted by molar-refractivity contribution is 0.173. The maximum Gasteiger partial charge on any atom is 0.0474 e. The van der Waals surface area contributed by atoms with Crippen LogP contribution in [0, 0.1) is 0 Å². The standard InChI is InChI=1S/C10H22BrNO/c1-3-4-7-12(9-6-11)8-5-10-13-2/h3-10H2,1-2H3. The van der Waals surface area contributed by atoms with E-state index < -0.39 is 0 Å². The lowest BCUT2D eigenvalue weighted by Gasteiger charge is -2.20. The monoisotopic (exact) mass is 251 g/mol. The Kier molecular flexibility index (Phi) is 10.8. The van der Waals surface area contributed by atoms with Gasteiger partial charge in [0.1, 0.15) is 0 Å². The van der Waals surface area contributed by atoms with Gasteiger partial charge in [-0.25, -0.2) is 0 Å². The Morgan fingerprint density at radius 1 is 1.15 bits per heavy atom. The maximum absolute atomic E-state index is 5.04. The number of alkyl halides is 1. The van der Waals surface area contributed by atoms with Gasteiger partial charge in [-0.2, -0.15) is 0 Å². The highest BCUT2D eigenvalue weighted by atomic mass is 79.9. The van der Waals surface area contributed by atoms with Crippen LogP contribution in [0.5, 0.6) is 0 Å². The van der Waals surface area contributed by atoms with Gasteiger partial charge in [-0.1, -0.05) is 29.3 Å². The summed E-state index contributed by atoms with van der Waals surface area (Å²) in [5, 5.41) is 1.07. The van der Waals surface area contributed by atoms with Crippen LogP contribution in [0.25, 0.3) is 0 Å². The molecule has 0 aromatic rings. The van der Waals surface area contributed by atoms with Crippen LogP contribution in [-0.2, 0) is 4.74 Å². The molecule has 0 bridgehead atoms. The Labute approximate surface area is 90.8 Å². The minimum atomic E-state index is 0.880. The SMILES string of the molecule is CCCCN(CCBr)CCCOC. The van der Waals surface area contributed by atoms with Gasteiger partial charge in [0.2, 0.25) is 0 Å². The van der Waals surface area contributed by atoms with Crippen molar-refractivity contribution in [1.82, 2.24) is 4.90 Å². The second kappa shape index (κ2) is 10.5. The molecule has 0 heterocycles. The number of hydrogen-bond donors (Lipinski definition) is 0. The van der Waals surface area contributed by atoms with E-state index in [1.807, 2.05) is 0 Å². The molecule has 80 valence electrons. The molecule has 0 aliphatic carbocycles. The zero-order chi connectivity index (χ0) is 9.94. The molecule has 2 nitrogen and oxygen atoms in total. The van der Waals surface area contributed by atoms with E-state index >= 15 is 0 Å². The van der Waals surface area contributed by atoms with E-state index in [1.165, 1.54) is 25.9 Å². The lowest BCUT2D eigenvalue weighted by atomic mass is 10.3. The molecule has 0 fully saturated rings. The fraction of sp³-hybridized carbons (Fsp3) is 1.00. The number of rotatable bonds is 9. The van der Waals surface area contributed by atoms with Gasteiger partial charge in [0.25, 0.3) is 0 Å². The van der Waals surface area contributed by atoms with Crippen LogP contribution in [0.15, 0.2) is 0 Å². The van der Waals surface area contributed by atoms with E-state index in [1.54, 1.807) is 7.11 Å². The molecule has 0 radical (unpaired) electrons. The zero-order valence-electron chi connectivity index (χ0n) is 8.89. The third kappa shape index (κ3) is 8.72. The van der Waals surface area contributed by atoms with Gasteiger partial charge < -0.3 is 9.64 Å². The summed E-state index contributed by atoms with van der Waals surface area (Å²) in [6.45, 7) is 6.67. The Bertz CT molecular complexity index is 101. The van der Waals surface area contributed by atoms with Crippen molar-refractivity contribution in [3.05, 3.63) is 0 Å². The highest BCUT2D eigenvalue weighted by molar-refractivity contribution is 9.09. The van der Waals surface area contributed by atoms with Crippen LogP contribution >= 0.6 is 15.9 Å². The summed E-state index contributed by atoms with van der Waals surface area (Å²) in [6, 6.07) is 0. The molecular weight excluding hydrogens is 230 g/mol. The van der Waals surface area contributed by atoms with Crippen LogP contribution in [0.3, 0.4) is 0 Å². The van der Waals surface area contributed by atoms with E-state index in [-0.39, 0.29) is 0 Å². The van der Waals surface area contributed by atoms with Crippen molar-refractivity contribution in [2.75, 3.05) is 38.7 Å². The van der Waals surface area contributed by atoms with E-state index in [0.29, 0.717) is 0 Å². The highest BCUT2D eigenvalue weighted by Gasteiger charge is 2.02. The van der Waals surface area contributed by atoms with Crippen LogP contribution < -0.4 is 0 Å². The molecule has 0 aromatic carbocycles. The van der Waals surface area contributed by atoms with Gasteiger partial charge in [0, 0.05) is 32.1 Å². The summed E-state index contributed by atoms with van der Waals surface area (Å²) < 4.78 is 5.04. The summed E-state index contributed by atoms with van der Waals surface area (Å²) in [5.74, 6) is 0. The number of unbranched alkanes of at least 4 members (excludes halogenated alkanes) is 1. The smallest absolute Gasteiger partial charge is 0.0474 e. The molecule has 0 atom stereocenters. The first-order valence-electron chi connectivity index (χ1n) is 5.12. The van der Waals surface area contributed by atoms with Gasteiger partial charge in [-0.3, -0.25) is 0 Å². The Hall–Kier alpha value is 0.400. The minimum Gasteiger partial charge on any atom is -0.385 e. The van der Waals surface area contributed by atoms with Gasteiger partial charge in [-0.05, 0) is 19.4 Å². The largest absolute Gasteiger partial charge is 0.385 e. The summed E-state index contributed by atoms with van der Waals surface area (Å²) in [6.07, 6.45) is 3.73. The molecule has 0 unspecified atom stereocenters. The summed E-state index contributed by atoms with van der Waals surface area (Å²) in [7, 11) is 1.76. The molecule has 0 spiro atoms. The molecule has 0 N–H and O–H groups in total. The third-order valence-electron chi connectivity index (χ3n) is 2.05. The van der Waals surface area contributed by atoms with Crippen molar-refractivity contribution in [2.45, 2.75) is 26.2 Å². The molecule has 13 heavy (non-hydrogen) atoms. The molecule has 0 saturated carbocycles. The Morgan fingerprint density at radius 2 is 1.85 bits per heavy atom. The fourth-order valence-electron chi connectivity index (χ4n) is 1.27. The summed E-state index contributed by atoms with van der Waals surface area (Å²) in [5.41, 5.74) is 0. The summed E-state index contributed by atoms with van der Waals surface area (Å²) in [4.78, 5) is 2.50. The molecule has 0 amide bonds. The van der Waals surface area contributed by atoms with Crippen molar-refractivity contribution < 1.29 is 4.74 Å². The molecule has 0 aliphatic rings. The van der Waals surface area contributed by atoms with Crippen molar-refractivity contribution in [3.63, 3.8) is 0 Å². The summed E-state index contributed by atoms with van der Waals surface area (Å²) >= 11 is 3.48. The first kappa shape index (κ1) is 13.4. The third-order valence-corrected chi connectivity index (χ3v) is 2.41. The number of halogens is 1. The van der Waals surface area contributed by atoms with Crippen molar-refractivity contribution in [2.24, 2.45) is 0 Å². The van der Waals surface area contributed by atoms with Gasteiger partial charge in [0.15, 0.2) is 0 Å². The molecule has 0 saturated heterocycles. The molecule has 3 heteroatoms. The van der Waals surface area contributed by atoms with Crippen molar-refractivity contribution >= 4 is 15.9 Å². The van der Waals surface area contributed by atoms with E-state index in [9.17, 15) is 0 Å². The molecule has 0 rings (SSSR count). The minimum absolute atomic E-state index is 0.880. The second-order valence-electron chi connectivity index (χ2n) is 3.23. The van der Waals surface area contributed by atoms with Crippen molar-refractivity contribution in [1.29, 1.82) is 0 Å². The number of nitrogens with zero attached hydrogens (tertiary/aromatic N) is 1. The quantitative estimate of drug-likeness (QED) is 0.462. The first-order valence-corrected chi connectivity index (χ1v) is 6.24. The van der Waals surface area contributed by atoms with Crippen LogP contribution in [0.2, 0.25) is 0 Å².